The second-order valence-electron chi connectivity index (χ2n) is 4.54. The van der Waals surface area contributed by atoms with Crippen LogP contribution >= 0.6 is 0 Å². The lowest BCUT2D eigenvalue weighted by molar-refractivity contribution is 0.348. The highest BCUT2D eigenvalue weighted by molar-refractivity contribution is 5.22. The predicted molar refractivity (Wildman–Crippen MR) is 60.3 cm³/mol. The SMILES string of the molecule is CCC1(Cc2c(F)cccc2F)CCCN1. The molecule has 0 amide bonds. The summed E-state index contributed by atoms with van der Waals surface area (Å²) in [5.74, 6) is -0.858. The number of halogens is 2. The third-order valence-corrected chi connectivity index (χ3v) is 3.59. The molecule has 88 valence electrons. The zero-order chi connectivity index (χ0) is 11.6. The average molecular weight is 225 g/mol. The summed E-state index contributed by atoms with van der Waals surface area (Å²) < 4.78 is 27.1. The number of hydrogen-bond acceptors (Lipinski definition) is 1. The normalized spacial score (nSPS) is 24.9. The van der Waals surface area contributed by atoms with Crippen LogP contribution in [0, 0.1) is 11.6 Å². The fourth-order valence-electron chi connectivity index (χ4n) is 2.49. The minimum Gasteiger partial charge on any atom is -0.311 e. The quantitative estimate of drug-likeness (QED) is 0.833. The molecule has 1 nitrogen and oxygen atoms in total. The van der Waals surface area contributed by atoms with Crippen LogP contribution < -0.4 is 5.32 Å². The van der Waals surface area contributed by atoms with E-state index in [9.17, 15) is 8.78 Å². The molecule has 1 aliphatic heterocycles. The monoisotopic (exact) mass is 225 g/mol. The van der Waals surface area contributed by atoms with Gasteiger partial charge in [-0.3, -0.25) is 0 Å². The first-order valence-electron chi connectivity index (χ1n) is 5.85. The van der Waals surface area contributed by atoms with Crippen molar-refractivity contribution in [1.29, 1.82) is 0 Å². The van der Waals surface area contributed by atoms with Crippen LogP contribution in [0.1, 0.15) is 31.7 Å². The summed E-state index contributed by atoms with van der Waals surface area (Å²) in [5, 5.41) is 3.39. The average Bonchev–Trinajstić information content (AvgIpc) is 2.73. The summed E-state index contributed by atoms with van der Waals surface area (Å²) in [6.45, 7) is 3.01. The van der Waals surface area contributed by atoms with Crippen molar-refractivity contribution in [2.45, 2.75) is 38.1 Å². The zero-order valence-electron chi connectivity index (χ0n) is 9.52. The molecule has 1 aromatic rings. The Morgan fingerprint density at radius 1 is 1.31 bits per heavy atom. The Morgan fingerprint density at radius 2 is 2.00 bits per heavy atom. The van der Waals surface area contributed by atoms with Crippen LogP contribution in [0.2, 0.25) is 0 Å². The molecule has 1 atom stereocenters. The second-order valence-corrected chi connectivity index (χ2v) is 4.54. The van der Waals surface area contributed by atoms with Crippen LogP contribution in [0.15, 0.2) is 18.2 Å². The topological polar surface area (TPSA) is 12.0 Å². The van der Waals surface area contributed by atoms with Crippen molar-refractivity contribution in [2.24, 2.45) is 0 Å². The molecule has 0 saturated carbocycles. The van der Waals surface area contributed by atoms with E-state index in [1.807, 2.05) is 0 Å². The smallest absolute Gasteiger partial charge is 0.129 e. The van der Waals surface area contributed by atoms with Gasteiger partial charge in [-0.15, -0.1) is 0 Å². The third kappa shape index (κ3) is 2.09. The summed E-state index contributed by atoms with van der Waals surface area (Å²) in [7, 11) is 0. The lowest BCUT2D eigenvalue weighted by Gasteiger charge is -2.28. The minimum atomic E-state index is -0.429. The van der Waals surface area contributed by atoms with Crippen molar-refractivity contribution < 1.29 is 8.78 Å². The molecule has 1 fully saturated rings. The van der Waals surface area contributed by atoms with Gasteiger partial charge in [0.15, 0.2) is 0 Å². The summed E-state index contributed by atoms with van der Waals surface area (Å²) in [4.78, 5) is 0. The molecule has 2 rings (SSSR count). The van der Waals surface area contributed by atoms with Crippen LogP contribution in [0.4, 0.5) is 8.78 Å². The van der Waals surface area contributed by atoms with Crippen molar-refractivity contribution >= 4 is 0 Å². The van der Waals surface area contributed by atoms with Gasteiger partial charge in [0, 0.05) is 11.1 Å². The minimum absolute atomic E-state index is 0.108. The molecule has 16 heavy (non-hydrogen) atoms. The number of benzene rings is 1. The molecule has 3 heteroatoms. The van der Waals surface area contributed by atoms with Gasteiger partial charge in [-0.05, 0) is 44.4 Å². The van der Waals surface area contributed by atoms with Crippen LogP contribution in [0.25, 0.3) is 0 Å². The summed E-state index contributed by atoms with van der Waals surface area (Å²) in [5.41, 5.74) is 0.113. The standard InChI is InChI=1S/C13H17F2N/c1-2-13(7-4-8-16-13)9-10-11(14)5-3-6-12(10)15/h3,5-6,16H,2,4,7-9H2,1H3. The lowest BCUT2D eigenvalue weighted by atomic mass is 9.86. The maximum atomic E-state index is 13.5. The van der Waals surface area contributed by atoms with E-state index in [2.05, 4.69) is 12.2 Å². The maximum absolute atomic E-state index is 13.5. The Kier molecular flexibility index (Phi) is 3.24. The fraction of sp³-hybridized carbons (Fsp3) is 0.538. The van der Waals surface area contributed by atoms with Crippen LogP contribution in [0.3, 0.4) is 0 Å². The van der Waals surface area contributed by atoms with Crippen molar-refractivity contribution in [3.8, 4) is 0 Å². The van der Waals surface area contributed by atoms with E-state index >= 15 is 0 Å². The van der Waals surface area contributed by atoms with Gasteiger partial charge in [-0.2, -0.15) is 0 Å². The molecule has 0 spiro atoms. The Balaban J connectivity index is 2.25. The van der Waals surface area contributed by atoms with Crippen molar-refractivity contribution in [2.75, 3.05) is 6.54 Å². The van der Waals surface area contributed by atoms with Gasteiger partial charge in [0.25, 0.3) is 0 Å². The highest BCUT2D eigenvalue weighted by atomic mass is 19.1. The van der Waals surface area contributed by atoms with E-state index in [0.717, 1.165) is 25.8 Å². The molecular formula is C13H17F2N. The first kappa shape index (κ1) is 11.5. The first-order chi connectivity index (χ1) is 7.67. The van der Waals surface area contributed by atoms with Gasteiger partial charge in [0.2, 0.25) is 0 Å². The number of nitrogens with one attached hydrogen (secondary N) is 1. The van der Waals surface area contributed by atoms with Crippen molar-refractivity contribution in [3.63, 3.8) is 0 Å². The number of rotatable bonds is 3. The largest absolute Gasteiger partial charge is 0.311 e. The Morgan fingerprint density at radius 3 is 2.50 bits per heavy atom. The van der Waals surface area contributed by atoms with Crippen LogP contribution in [-0.2, 0) is 6.42 Å². The Labute approximate surface area is 94.9 Å². The zero-order valence-corrected chi connectivity index (χ0v) is 9.52. The summed E-state index contributed by atoms with van der Waals surface area (Å²) >= 11 is 0. The lowest BCUT2D eigenvalue weighted by Crippen LogP contribution is -2.41. The van der Waals surface area contributed by atoms with Crippen molar-refractivity contribution in [1.82, 2.24) is 5.32 Å². The van der Waals surface area contributed by atoms with E-state index < -0.39 is 11.6 Å². The molecule has 1 unspecified atom stereocenters. The van der Waals surface area contributed by atoms with Crippen LogP contribution in [-0.4, -0.2) is 12.1 Å². The predicted octanol–water partition coefficient (Wildman–Crippen LogP) is 3.04. The van der Waals surface area contributed by atoms with E-state index in [1.54, 1.807) is 0 Å². The number of hydrogen-bond donors (Lipinski definition) is 1. The Hall–Kier alpha value is -0.960. The molecule has 1 N–H and O–H groups in total. The molecule has 1 aromatic carbocycles. The van der Waals surface area contributed by atoms with Gasteiger partial charge < -0.3 is 5.32 Å². The molecule has 0 aliphatic carbocycles. The van der Waals surface area contributed by atoms with Gasteiger partial charge in [0.1, 0.15) is 11.6 Å². The van der Waals surface area contributed by atoms with E-state index in [4.69, 9.17) is 0 Å². The highest BCUT2D eigenvalue weighted by Gasteiger charge is 2.33. The van der Waals surface area contributed by atoms with Gasteiger partial charge in [-0.25, -0.2) is 8.78 Å². The van der Waals surface area contributed by atoms with E-state index in [0.29, 0.717) is 6.42 Å². The molecule has 0 radical (unpaired) electrons. The first-order valence-corrected chi connectivity index (χ1v) is 5.85. The molecule has 0 aromatic heterocycles. The molecule has 1 saturated heterocycles. The molecular weight excluding hydrogens is 208 g/mol. The fourth-order valence-corrected chi connectivity index (χ4v) is 2.49. The maximum Gasteiger partial charge on any atom is 0.129 e. The molecule has 1 aliphatic rings. The second kappa shape index (κ2) is 4.50. The molecule has 0 bridgehead atoms. The van der Waals surface area contributed by atoms with Crippen LogP contribution in [0.5, 0.6) is 0 Å². The van der Waals surface area contributed by atoms with Crippen molar-refractivity contribution in [3.05, 3.63) is 35.4 Å². The van der Waals surface area contributed by atoms with Gasteiger partial charge in [-0.1, -0.05) is 13.0 Å². The highest BCUT2D eigenvalue weighted by Crippen LogP contribution is 2.29. The molecule has 1 heterocycles. The van der Waals surface area contributed by atoms with Gasteiger partial charge >= 0.3 is 0 Å². The van der Waals surface area contributed by atoms with E-state index in [-0.39, 0.29) is 11.1 Å². The summed E-state index contributed by atoms with van der Waals surface area (Å²) in [6, 6.07) is 4.07. The van der Waals surface area contributed by atoms with Gasteiger partial charge in [0.05, 0.1) is 0 Å². The van der Waals surface area contributed by atoms with E-state index in [1.165, 1.54) is 18.2 Å². The summed E-state index contributed by atoms with van der Waals surface area (Å²) in [6.07, 6.45) is 3.43. The third-order valence-electron chi connectivity index (χ3n) is 3.59. The Bertz CT molecular complexity index is 350.